The van der Waals surface area contributed by atoms with Gasteiger partial charge >= 0.3 is 0 Å². The van der Waals surface area contributed by atoms with Gasteiger partial charge in [-0.3, -0.25) is 0 Å². The molecule has 0 heterocycles. The first kappa shape index (κ1) is 10.1. The summed E-state index contributed by atoms with van der Waals surface area (Å²) in [4.78, 5) is 0. The van der Waals surface area contributed by atoms with E-state index in [2.05, 4.69) is 53.7 Å². The first-order valence-electron chi connectivity index (χ1n) is 4.17. The highest BCUT2D eigenvalue weighted by molar-refractivity contribution is 9.10. The molecule has 0 spiro atoms. The lowest BCUT2D eigenvalue weighted by Crippen LogP contribution is -1.88. The average molecular weight is 245 g/mol. The summed E-state index contributed by atoms with van der Waals surface area (Å²) in [5.41, 5.74) is 1.30. The largest absolute Gasteiger partial charge is 0.171 e. The summed E-state index contributed by atoms with van der Waals surface area (Å²) >= 11 is 7.97. The van der Waals surface area contributed by atoms with E-state index in [0.717, 1.165) is 10.9 Å². The van der Waals surface area contributed by atoms with Crippen LogP contribution in [0.25, 0.3) is 0 Å². The highest BCUT2D eigenvalue weighted by atomic mass is 79.9. The second-order valence-corrected chi connectivity index (χ2v) is 4.40. The zero-order chi connectivity index (χ0) is 8.97. The maximum absolute atomic E-state index is 4.53. The van der Waals surface area contributed by atoms with Crippen molar-refractivity contribution in [3.8, 4) is 0 Å². The zero-order valence-corrected chi connectivity index (χ0v) is 9.61. The molecule has 0 nitrogen and oxygen atoms in total. The SMILES string of the molecule is CCCC(S)c1cccc(Br)c1. The van der Waals surface area contributed by atoms with Crippen molar-refractivity contribution in [3.63, 3.8) is 0 Å². The van der Waals surface area contributed by atoms with Crippen LogP contribution in [0.5, 0.6) is 0 Å². The summed E-state index contributed by atoms with van der Waals surface area (Å²) in [6.07, 6.45) is 2.32. The maximum Gasteiger partial charge on any atom is 0.0267 e. The zero-order valence-electron chi connectivity index (χ0n) is 7.13. The monoisotopic (exact) mass is 244 g/mol. The molecule has 0 saturated carbocycles. The molecule has 2 heteroatoms. The summed E-state index contributed by atoms with van der Waals surface area (Å²) in [5, 5.41) is 0.382. The standard InChI is InChI=1S/C10H13BrS/c1-2-4-10(12)8-5-3-6-9(11)7-8/h3,5-7,10,12H,2,4H2,1H3. The Hall–Kier alpha value is 0.0500. The van der Waals surface area contributed by atoms with E-state index >= 15 is 0 Å². The predicted octanol–water partition coefficient (Wildman–Crippen LogP) is 4.22. The van der Waals surface area contributed by atoms with Crippen LogP contribution in [0.1, 0.15) is 30.6 Å². The molecule has 0 aliphatic carbocycles. The Balaban J connectivity index is 2.73. The summed E-state index contributed by atoms with van der Waals surface area (Å²) < 4.78 is 1.13. The van der Waals surface area contributed by atoms with Crippen LogP contribution in [0.15, 0.2) is 28.7 Å². The van der Waals surface area contributed by atoms with E-state index in [0.29, 0.717) is 5.25 Å². The molecule has 1 unspecified atom stereocenters. The molecular formula is C10H13BrS. The number of rotatable bonds is 3. The van der Waals surface area contributed by atoms with Gasteiger partial charge in [0, 0.05) is 9.72 Å². The van der Waals surface area contributed by atoms with Crippen molar-refractivity contribution in [2.45, 2.75) is 25.0 Å². The van der Waals surface area contributed by atoms with E-state index in [1.54, 1.807) is 0 Å². The van der Waals surface area contributed by atoms with E-state index in [1.807, 2.05) is 6.07 Å². The van der Waals surface area contributed by atoms with Gasteiger partial charge in [0.2, 0.25) is 0 Å². The Morgan fingerprint density at radius 2 is 2.25 bits per heavy atom. The van der Waals surface area contributed by atoms with Gasteiger partial charge in [-0.2, -0.15) is 12.6 Å². The summed E-state index contributed by atoms with van der Waals surface area (Å²) in [6, 6.07) is 8.35. The fraction of sp³-hybridized carbons (Fsp3) is 0.400. The lowest BCUT2D eigenvalue weighted by molar-refractivity contribution is 0.782. The van der Waals surface area contributed by atoms with Crippen LogP contribution in [-0.2, 0) is 0 Å². The minimum Gasteiger partial charge on any atom is -0.171 e. The predicted molar refractivity (Wildman–Crippen MR) is 60.8 cm³/mol. The Morgan fingerprint density at radius 3 is 2.83 bits per heavy atom. The first-order valence-corrected chi connectivity index (χ1v) is 5.48. The van der Waals surface area contributed by atoms with Crippen molar-refractivity contribution >= 4 is 28.6 Å². The lowest BCUT2D eigenvalue weighted by atomic mass is 10.1. The molecule has 0 amide bonds. The number of benzene rings is 1. The quantitative estimate of drug-likeness (QED) is 0.757. The number of hydrogen-bond acceptors (Lipinski definition) is 1. The third-order valence-corrected chi connectivity index (χ3v) is 2.85. The molecule has 66 valence electrons. The van der Waals surface area contributed by atoms with Gasteiger partial charge in [0.15, 0.2) is 0 Å². The molecule has 0 saturated heterocycles. The highest BCUT2D eigenvalue weighted by Crippen LogP contribution is 2.26. The Kier molecular flexibility index (Phi) is 4.16. The van der Waals surface area contributed by atoms with Crippen molar-refractivity contribution in [3.05, 3.63) is 34.3 Å². The minimum atomic E-state index is 0.382. The Morgan fingerprint density at radius 1 is 1.50 bits per heavy atom. The van der Waals surface area contributed by atoms with Crippen molar-refractivity contribution in [2.75, 3.05) is 0 Å². The molecule has 0 aliphatic heterocycles. The van der Waals surface area contributed by atoms with Gasteiger partial charge in [-0.05, 0) is 24.1 Å². The fourth-order valence-corrected chi connectivity index (χ4v) is 1.99. The normalized spacial score (nSPS) is 12.9. The Labute approximate surface area is 87.9 Å². The van der Waals surface area contributed by atoms with Crippen LogP contribution >= 0.6 is 28.6 Å². The minimum absolute atomic E-state index is 0.382. The van der Waals surface area contributed by atoms with Crippen molar-refractivity contribution < 1.29 is 0 Å². The van der Waals surface area contributed by atoms with E-state index in [9.17, 15) is 0 Å². The highest BCUT2D eigenvalue weighted by Gasteiger charge is 2.04. The molecule has 1 aromatic carbocycles. The van der Waals surface area contributed by atoms with Crippen molar-refractivity contribution in [1.29, 1.82) is 0 Å². The maximum atomic E-state index is 4.53. The molecule has 1 aromatic rings. The van der Waals surface area contributed by atoms with Crippen LogP contribution in [-0.4, -0.2) is 0 Å². The fourth-order valence-electron chi connectivity index (χ4n) is 1.15. The van der Waals surface area contributed by atoms with E-state index in [1.165, 1.54) is 12.0 Å². The molecule has 0 aliphatic rings. The topological polar surface area (TPSA) is 0 Å². The first-order chi connectivity index (χ1) is 5.74. The summed E-state index contributed by atoms with van der Waals surface area (Å²) in [7, 11) is 0. The van der Waals surface area contributed by atoms with Crippen LogP contribution in [0.3, 0.4) is 0 Å². The van der Waals surface area contributed by atoms with Gasteiger partial charge in [0.1, 0.15) is 0 Å². The average Bonchev–Trinajstić information content (AvgIpc) is 2.05. The third-order valence-electron chi connectivity index (χ3n) is 1.80. The van der Waals surface area contributed by atoms with Gasteiger partial charge in [-0.15, -0.1) is 0 Å². The summed E-state index contributed by atoms with van der Waals surface area (Å²) in [5.74, 6) is 0. The van der Waals surface area contributed by atoms with Crippen molar-refractivity contribution in [1.82, 2.24) is 0 Å². The molecule has 0 radical (unpaired) electrons. The van der Waals surface area contributed by atoms with Crippen LogP contribution < -0.4 is 0 Å². The van der Waals surface area contributed by atoms with Crippen LogP contribution in [0, 0.1) is 0 Å². The lowest BCUT2D eigenvalue weighted by Gasteiger charge is -2.09. The van der Waals surface area contributed by atoms with Gasteiger partial charge in [-0.1, -0.05) is 41.4 Å². The van der Waals surface area contributed by atoms with Gasteiger partial charge in [-0.25, -0.2) is 0 Å². The van der Waals surface area contributed by atoms with Gasteiger partial charge < -0.3 is 0 Å². The van der Waals surface area contributed by atoms with E-state index in [4.69, 9.17) is 0 Å². The number of thiol groups is 1. The van der Waals surface area contributed by atoms with Crippen molar-refractivity contribution in [2.24, 2.45) is 0 Å². The van der Waals surface area contributed by atoms with E-state index in [-0.39, 0.29) is 0 Å². The molecule has 0 aromatic heterocycles. The number of halogens is 1. The second kappa shape index (κ2) is 4.93. The molecule has 0 N–H and O–H groups in total. The third kappa shape index (κ3) is 2.83. The van der Waals surface area contributed by atoms with Gasteiger partial charge in [0.05, 0.1) is 0 Å². The van der Waals surface area contributed by atoms with Gasteiger partial charge in [0.25, 0.3) is 0 Å². The summed E-state index contributed by atoms with van der Waals surface area (Å²) in [6.45, 7) is 2.18. The molecule has 1 rings (SSSR count). The van der Waals surface area contributed by atoms with Crippen LogP contribution in [0.2, 0.25) is 0 Å². The van der Waals surface area contributed by atoms with E-state index < -0.39 is 0 Å². The molecular weight excluding hydrogens is 232 g/mol. The molecule has 0 bridgehead atoms. The Bertz CT molecular complexity index is 247. The second-order valence-electron chi connectivity index (χ2n) is 2.86. The van der Waals surface area contributed by atoms with Crippen LogP contribution in [0.4, 0.5) is 0 Å². The molecule has 12 heavy (non-hydrogen) atoms. The smallest absolute Gasteiger partial charge is 0.0267 e. The number of hydrogen-bond donors (Lipinski definition) is 1. The molecule has 0 fully saturated rings. The molecule has 1 atom stereocenters.